The van der Waals surface area contributed by atoms with Gasteiger partial charge in [0.05, 0.1) is 30.5 Å². The van der Waals surface area contributed by atoms with Crippen LogP contribution >= 0.6 is 11.3 Å². The fraction of sp³-hybridized carbons (Fsp3) is 0.444. The standard InChI is InChI=1S/C9H9N3O3S/c10-3-2-9(13)5-11(6-9)8-7(12(14)15)1-4-16-8/h1,4,13H,2,5-6H2. The summed E-state index contributed by atoms with van der Waals surface area (Å²) >= 11 is 1.27. The fourth-order valence-electron chi connectivity index (χ4n) is 1.74. The Morgan fingerprint density at radius 1 is 1.75 bits per heavy atom. The Balaban J connectivity index is 2.10. The minimum Gasteiger partial charge on any atom is -0.385 e. The highest BCUT2D eigenvalue weighted by molar-refractivity contribution is 7.14. The second-order valence-electron chi connectivity index (χ2n) is 3.78. The average Bonchev–Trinajstić information content (AvgIpc) is 2.62. The molecule has 2 rings (SSSR count). The van der Waals surface area contributed by atoms with Crippen molar-refractivity contribution in [3.8, 4) is 6.07 Å². The van der Waals surface area contributed by atoms with Crippen molar-refractivity contribution in [1.29, 1.82) is 5.26 Å². The van der Waals surface area contributed by atoms with Crippen LogP contribution in [0, 0.1) is 21.4 Å². The molecule has 0 unspecified atom stereocenters. The Labute approximate surface area is 95.5 Å². The molecule has 1 N–H and O–H groups in total. The molecule has 0 amide bonds. The van der Waals surface area contributed by atoms with Crippen LogP contribution in [-0.2, 0) is 0 Å². The van der Waals surface area contributed by atoms with Gasteiger partial charge in [0, 0.05) is 6.07 Å². The van der Waals surface area contributed by atoms with E-state index in [1.807, 2.05) is 6.07 Å². The van der Waals surface area contributed by atoms with E-state index >= 15 is 0 Å². The van der Waals surface area contributed by atoms with Gasteiger partial charge in [-0.1, -0.05) is 0 Å². The van der Waals surface area contributed by atoms with Gasteiger partial charge in [0.15, 0.2) is 5.00 Å². The lowest BCUT2D eigenvalue weighted by atomic mass is 9.91. The van der Waals surface area contributed by atoms with E-state index in [1.54, 1.807) is 10.3 Å². The van der Waals surface area contributed by atoms with Gasteiger partial charge in [-0.25, -0.2) is 0 Å². The lowest BCUT2D eigenvalue weighted by Gasteiger charge is -2.45. The van der Waals surface area contributed by atoms with Crippen molar-refractivity contribution in [2.45, 2.75) is 12.0 Å². The molecule has 1 aromatic rings. The maximum absolute atomic E-state index is 10.7. The third-order valence-electron chi connectivity index (χ3n) is 2.49. The first-order chi connectivity index (χ1) is 7.56. The first kappa shape index (κ1) is 10.9. The minimum absolute atomic E-state index is 0.0582. The van der Waals surface area contributed by atoms with Crippen LogP contribution in [0.15, 0.2) is 11.4 Å². The SMILES string of the molecule is N#CCC1(O)CN(c2sccc2[N+](=O)[O-])C1. The zero-order valence-electron chi connectivity index (χ0n) is 8.29. The Morgan fingerprint density at radius 2 is 2.44 bits per heavy atom. The molecule has 1 fully saturated rings. The molecule has 1 aromatic heterocycles. The number of β-amino-alcohol motifs (C(OH)–C–C–N with tert-alkyl or cyclic N) is 1. The molecule has 16 heavy (non-hydrogen) atoms. The maximum Gasteiger partial charge on any atom is 0.303 e. The van der Waals surface area contributed by atoms with Crippen molar-refractivity contribution in [2.75, 3.05) is 18.0 Å². The topological polar surface area (TPSA) is 90.4 Å². The molecule has 1 aliphatic rings. The summed E-state index contributed by atoms with van der Waals surface area (Å²) in [6, 6.07) is 3.35. The molecule has 84 valence electrons. The first-order valence-electron chi connectivity index (χ1n) is 4.62. The predicted molar refractivity (Wildman–Crippen MR) is 58.4 cm³/mol. The average molecular weight is 239 g/mol. The van der Waals surface area contributed by atoms with Crippen LogP contribution in [0.25, 0.3) is 0 Å². The molecule has 1 saturated heterocycles. The van der Waals surface area contributed by atoms with Gasteiger partial charge in [0.25, 0.3) is 0 Å². The summed E-state index contributed by atoms with van der Waals surface area (Å²) in [7, 11) is 0. The molecule has 0 atom stereocenters. The van der Waals surface area contributed by atoms with Crippen LogP contribution in [0.4, 0.5) is 10.7 Å². The highest BCUT2D eigenvalue weighted by atomic mass is 32.1. The molecule has 1 aliphatic heterocycles. The van der Waals surface area contributed by atoms with Gasteiger partial charge >= 0.3 is 5.69 Å². The number of nitriles is 1. The molecule has 2 heterocycles. The summed E-state index contributed by atoms with van der Waals surface area (Å²) < 4.78 is 0. The minimum atomic E-state index is -1.01. The summed E-state index contributed by atoms with van der Waals surface area (Å²) in [5, 5.41) is 31.2. The summed E-state index contributed by atoms with van der Waals surface area (Å²) in [5.74, 6) is 0. The van der Waals surface area contributed by atoms with Gasteiger partial charge in [0.2, 0.25) is 0 Å². The monoisotopic (exact) mass is 239 g/mol. The number of nitrogens with zero attached hydrogens (tertiary/aromatic N) is 3. The molecule has 0 saturated carbocycles. The van der Waals surface area contributed by atoms with E-state index in [9.17, 15) is 15.2 Å². The molecule has 0 aliphatic carbocycles. The van der Waals surface area contributed by atoms with Crippen LogP contribution in [-0.4, -0.2) is 28.7 Å². The molecule has 0 aromatic carbocycles. The van der Waals surface area contributed by atoms with Crippen molar-refractivity contribution in [3.63, 3.8) is 0 Å². The van der Waals surface area contributed by atoms with Gasteiger partial charge in [-0.3, -0.25) is 10.1 Å². The summed E-state index contributed by atoms with van der Waals surface area (Å²) in [5.41, 5.74) is -0.948. The van der Waals surface area contributed by atoms with Crippen molar-refractivity contribution in [1.82, 2.24) is 0 Å². The molecule has 0 radical (unpaired) electrons. The van der Waals surface area contributed by atoms with E-state index in [0.29, 0.717) is 5.00 Å². The Kier molecular flexibility index (Phi) is 2.53. The van der Waals surface area contributed by atoms with Crippen LogP contribution in [0.2, 0.25) is 0 Å². The van der Waals surface area contributed by atoms with E-state index in [4.69, 9.17) is 5.26 Å². The van der Waals surface area contributed by atoms with Crippen LogP contribution < -0.4 is 4.90 Å². The third-order valence-corrected chi connectivity index (χ3v) is 3.45. The van der Waals surface area contributed by atoms with Gasteiger partial charge < -0.3 is 10.0 Å². The Bertz CT molecular complexity index is 459. The van der Waals surface area contributed by atoms with Gasteiger partial charge in [0.1, 0.15) is 5.60 Å². The Morgan fingerprint density at radius 3 is 3.00 bits per heavy atom. The molecule has 0 bridgehead atoms. The van der Waals surface area contributed by atoms with Crippen molar-refractivity contribution < 1.29 is 10.0 Å². The third kappa shape index (κ3) is 1.73. The van der Waals surface area contributed by atoms with Crippen LogP contribution in [0.5, 0.6) is 0 Å². The first-order valence-corrected chi connectivity index (χ1v) is 5.50. The van der Waals surface area contributed by atoms with Crippen molar-refractivity contribution >= 4 is 22.0 Å². The van der Waals surface area contributed by atoms with Gasteiger partial charge in [-0.2, -0.15) is 5.26 Å². The zero-order chi connectivity index (χ0) is 11.8. The van der Waals surface area contributed by atoms with Gasteiger partial charge in [-0.15, -0.1) is 11.3 Å². The normalized spacial score (nSPS) is 17.6. The summed E-state index contributed by atoms with van der Waals surface area (Å²) in [4.78, 5) is 12.0. The molecular formula is C9H9N3O3S. The number of anilines is 1. The molecular weight excluding hydrogens is 230 g/mol. The number of thiophene rings is 1. The smallest absolute Gasteiger partial charge is 0.303 e. The van der Waals surface area contributed by atoms with Crippen LogP contribution in [0.1, 0.15) is 6.42 Å². The maximum atomic E-state index is 10.7. The number of hydrogen-bond donors (Lipinski definition) is 1. The number of aliphatic hydroxyl groups is 1. The van der Waals surface area contributed by atoms with E-state index in [-0.39, 0.29) is 25.2 Å². The Hall–Kier alpha value is -1.65. The second-order valence-corrected chi connectivity index (χ2v) is 4.68. The molecule has 6 nitrogen and oxygen atoms in total. The summed E-state index contributed by atoms with van der Waals surface area (Å²) in [6.07, 6.45) is 0.0582. The van der Waals surface area contributed by atoms with Crippen molar-refractivity contribution in [3.05, 3.63) is 21.6 Å². The van der Waals surface area contributed by atoms with Crippen molar-refractivity contribution in [2.24, 2.45) is 0 Å². The number of rotatable bonds is 3. The largest absolute Gasteiger partial charge is 0.385 e. The van der Waals surface area contributed by atoms with E-state index in [1.165, 1.54) is 17.4 Å². The molecule has 7 heteroatoms. The second kappa shape index (κ2) is 3.73. The lowest BCUT2D eigenvalue weighted by Crippen LogP contribution is -2.61. The lowest BCUT2D eigenvalue weighted by molar-refractivity contribution is -0.383. The van der Waals surface area contributed by atoms with E-state index < -0.39 is 10.5 Å². The van der Waals surface area contributed by atoms with Gasteiger partial charge in [-0.05, 0) is 5.38 Å². The fourth-order valence-corrected chi connectivity index (χ4v) is 2.60. The highest BCUT2D eigenvalue weighted by Gasteiger charge is 2.43. The quantitative estimate of drug-likeness (QED) is 0.630. The zero-order valence-corrected chi connectivity index (χ0v) is 9.11. The van der Waals surface area contributed by atoms with E-state index in [0.717, 1.165) is 0 Å². The summed E-state index contributed by atoms with van der Waals surface area (Å²) in [6.45, 7) is 0.559. The molecule has 0 spiro atoms. The highest BCUT2D eigenvalue weighted by Crippen LogP contribution is 2.39. The number of hydrogen-bond acceptors (Lipinski definition) is 6. The van der Waals surface area contributed by atoms with Crippen LogP contribution in [0.3, 0.4) is 0 Å². The predicted octanol–water partition coefficient (Wildman–Crippen LogP) is 1.12. The number of nitro groups is 1. The van der Waals surface area contributed by atoms with E-state index in [2.05, 4.69) is 0 Å².